The van der Waals surface area contributed by atoms with Gasteiger partial charge in [0.15, 0.2) is 17.3 Å². The van der Waals surface area contributed by atoms with Crippen LogP contribution in [0.5, 0.6) is 11.5 Å². The molecule has 0 saturated carbocycles. The van der Waals surface area contributed by atoms with Gasteiger partial charge in [-0.2, -0.15) is 0 Å². The van der Waals surface area contributed by atoms with Crippen molar-refractivity contribution in [1.29, 1.82) is 0 Å². The van der Waals surface area contributed by atoms with Crippen molar-refractivity contribution >= 4 is 35.1 Å². The van der Waals surface area contributed by atoms with Crippen molar-refractivity contribution in [3.05, 3.63) is 30.3 Å². The van der Waals surface area contributed by atoms with Crippen molar-refractivity contribution in [2.45, 2.75) is 30.9 Å². The van der Waals surface area contributed by atoms with E-state index in [1.807, 2.05) is 19.6 Å². The first-order valence-electron chi connectivity index (χ1n) is 7.66. The van der Waals surface area contributed by atoms with Crippen LogP contribution in [0.3, 0.4) is 0 Å². The zero-order valence-corrected chi connectivity index (χ0v) is 17.6. The summed E-state index contributed by atoms with van der Waals surface area (Å²) in [5, 5.41) is 10.6. The Labute approximate surface area is 157 Å². The van der Waals surface area contributed by atoms with E-state index in [2.05, 4.69) is 25.6 Å². The van der Waals surface area contributed by atoms with Gasteiger partial charge in [0.2, 0.25) is 25.0 Å². The third-order valence-electron chi connectivity index (χ3n) is 3.14. The monoisotopic (exact) mass is 448 g/mol. The van der Waals surface area contributed by atoms with Crippen LogP contribution in [0.25, 0.3) is 11.3 Å². The molecular formula is C15H21BrN2O5SSi. The van der Waals surface area contributed by atoms with Crippen LogP contribution in [0.1, 0.15) is 17.0 Å². The van der Waals surface area contributed by atoms with Crippen LogP contribution in [-0.4, -0.2) is 33.4 Å². The maximum atomic E-state index is 10.6. The highest BCUT2D eigenvalue weighted by Gasteiger charge is 2.30. The zero-order valence-electron chi connectivity index (χ0n) is 14.2. The fourth-order valence-electron chi connectivity index (χ4n) is 2.15. The highest BCUT2D eigenvalue weighted by molar-refractivity contribution is 9.09. The molecule has 2 aromatic rings. The first-order valence-corrected chi connectivity index (χ1v) is 13.2. The molecule has 0 spiro atoms. The number of aromatic nitrogens is 1. The van der Waals surface area contributed by atoms with E-state index in [-0.39, 0.29) is 17.1 Å². The summed E-state index contributed by atoms with van der Waals surface area (Å²) in [4.78, 5) is 3.64. The van der Waals surface area contributed by atoms with Crippen LogP contribution in [-0.2, 0) is 10.9 Å². The van der Waals surface area contributed by atoms with E-state index in [1.54, 1.807) is 24.5 Å². The second-order valence-electron chi connectivity index (χ2n) is 6.34. The molecule has 0 aliphatic carbocycles. The number of thiol groups is 1. The van der Waals surface area contributed by atoms with Crippen LogP contribution in [0, 0.1) is 0 Å². The Morgan fingerprint density at radius 1 is 1.36 bits per heavy atom. The van der Waals surface area contributed by atoms with Gasteiger partial charge in [-0.1, -0.05) is 15.9 Å². The summed E-state index contributed by atoms with van der Waals surface area (Å²) < 4.78 is 35.5. The quantitative estimate of drug-likeness (QED) is 0.325. The van der Waals surface area contributed by atoms with Gasteiger partial charge in [0.05, 0.1) is 4.83 Å². The summed E-state index contributed by atoms with van der Waals surface area (Å²) >= 11 is 3.50. The summed E-state index contributed by atoms with van der Waals surface area (Å²) in [6, 6.07) is 3.46. The van der Waals surface area contributed by atoms with E-state index in [0.29, 0.717) is 29.3 Å². The predicted molar refractivity (Wildman–Crippen MR) is 102 cm³/mol. The van der Waals surface area contributed by atoms with Gasteiger partial charge in [-0.15, -0.1) is 0 Å². The van der Waals surface area contributed by atoms with E-state index >= 15 is 0 Å². The minimum absolute atomic E-state index is 0.0593. The van der Waals surface area contributed by atoms with Crippen molar-refractivity contribution in [2.75, 3.05) is 6.54 Å². The molecule has 138 valence electrons. The van der Waals surface area contributed by atoms with Crippen LogP contribution < -0.4 is 9.15 Å². The molecule has 0 amide bonds. The topological polar surface area (TPSA) is 102 Å². The SMILES string of the molecule is C[Si](C)(C)Oc1c(C(Br)CCN[SH](=O)=O)oc(-c2ccncc2)c1O. The molecule has 10 heteroatoms. The molecule has 0 saturated heterocycles. The maximum absolute atomic E-state index is 10.6. The molecule has 2 rings (SSSR count). The Hall–Kier alpha value is -1.36. The minimum atomic E-state index is -2.65. The van der Waals surface area contributed by atoms with Gasteiger partial charge in [-0.3, -0.25) is 4.98 Å². The summed E-state index contributed by atoms with van der Waals surface area (Å²) in [7, 11) is -4.66. The van der Waals surface area contributed by atoms with Gasteiger partial charge in [0.1, 0.15) is 0 Å². The molecule has 25 heavy (non-hydrogen) atoms. The smallest absolute Gasteiger partial charge is 0.242 e. The summed E-state index contributed by atoms with van der Waals surface area (Å²) in [6.07, 6.45) is 3.65. The predicted octanol–water partition coefficient (Wildman–Crippen LogP) is 3.20. The highest BCUT2D eigenvalue weighted by Crippen LogP contribution is 2.48. The van der Waals surface area contributed by atoms with Crippen LogP contribution in [0.15, 0.2) is 28.9 Å². The third-order valence-corrected chi connectivity index (χ3v) is 5.31. The molecule has 7 nitrogen and oxygen atoms in total. The van der Waals surface area contributed by atoms with E-state index in [0.717, 1.165) is 0 Å². The molecule has 0 aliphatic heterocycles. The number of hydrogen-bond donors (Lipinski definition) is 3. The standard InChI is InChI=1S/C15H21BrN2O5SSi/c1-25(2,3)23-15-12(19)13(10-4-7-17-8-5-10)22-14(15)11(16)6-9-18-24(20)21/h4-5,7-8,11,19,24H,6,9H2,1-3H3,(H,18,20,21). The molecule has 2 N–H and O–H groups in total. The lowest BCUT2D eigenvalue weighted by Crippen LogP contribution is -2.29. The van der Waals surface area contributed by atoms with Gasteiger partial charge in [0.25, 0.3) is 0 Å². The van der Waals surface area contributed by atoms with E-state index < -0.39 is 19.2 Å². The lowest BCUT2D eigenvalue weighted by molar-refractivity contribution is 0.438. The van der Waals surface area contributed by atoms with Crippen LogP contribution in [0.4, 0.5) is 0 Å². The molecule has 0 aromatic carbocycles. The highest BCUT2D eigenvalue weighted by atomic mass is 79.9. The molecule has 2 heterocycles. The van der Waals surface area contributed by atoms with Gasteiger partial charge < -0.3 is 13.9 Å². The first kappa shape index (κ1) is 20.0. The number of pyridine rings is 1. The zero-order chi connectivity index (χ0) is 18.6. The number of alkyl halides is 1. The number of aromatic hydroxyl groups is 1. The average Bonchev–Trinajstić information content (AvgIpc) is 2.83. The van der Waals surface area contributed by atoms with E-state index in [9.17, 15) is 13.5 Å². The lowest BCUT2D eigenvalue weighted by Gasteiger charge is -2.20. The van der Waals surface area contributed by atoms with Gasteiger partial charge in [-0.05, 0) is 38.2 Å². The van der Waals surface area contributed by atoms with E-state index in [4.69, 9.17) is 8.84 Å². The number of nitrogens with one attached hydrogen (secondary N) is 1. The van der Waals surface area contributed by atoms with Gasteiger partial charge in [-0.25, -0.2) is 13.1 Å². The Bertz CT molecular complexity index is 781. The fourth-order valence-corrected chi connectivity index (χ4v) is 3.80. The Morgan fingerprint density at radius 3 is 2.56 bits per heavy atom. The number of hydrogen-bond acceptors (Lipinski definition) is 6. The molecule has 2 aromatic heterocycles. The maximum Gasteiger partial charge on any atom is 0.242 e. The third kappa shape index (κ3) is 5.56. The molecule has 0 aliphatic rings. The van der Waals surface area contributed by atoms with Crippen LogP contribution >= 0.6 is 15.9 Å². The largest absolute Gasteiger partial charge is 0.539 e. The number of furan rings is 1. The Kier molecular flexibility index (Phi) is 6.66. The lowest BCUT2D eigenvalue weighted by atomic mass is 10.2. The number of rotatable bonds is 8. The number of nitrogens with zero attached hydrogens (tertiary/aromatic N) is 1. The van der Waals surface area contributed by atoms with Gasteiger partial charge >= 0.3 is 0 Å². The summed E-state index contributed by atoms with van der Waals surface area (Å²) in [5.41, 5.74) is 0.680. The van der Waals surface area contributed by atoms with Crippen molar-refractivity contribution in [2.24, 2.45) is 0 Å². The van der Waals surface area contributed by atoms with E-state index in [1.165, 1.54) is 0 Å². The first-order chi connectivity index (χ1) is 11.7. The molecule has 0 radical (unpaired) electrons. The average molecular weight is 449 g/mol. The van der Waals surface area contributed by atoms with Crippen molar-refractivity contribution in [1.82, 2.24) is 9.71 Å². The van der Waals surface area contributed by atoms with Crippen molar-refractivity contribution in [3.8, 4) is 22.8 Å². The van der Waals surface area contributed by atoms with Crippen LogP contribution in [0.2, 0.25) is 19.6 Å². The van der Waals surface area contributed by atoms with Crippen molar-refractivity contribution < 1.29 is 22.4 Å². The second-order valence-corrected chi connectivity index (χ2v) is 12.7. The molecule has 1 atom stereocenters. The summed E-state index contributed by atoms with van der Waals surface area (Å²) in [6.45, 7) is 6.25. The molecule has 0 fully saturated rings. The summed E-state index contributed by atoms with van der Waals surface area (Å²) in [5.74, 6) is 0.989. The molecular weight excluding hydrogens is 428 g/mol. The second kappa shape index (κ2) is 8.34. The number of halogens is 1. The normalized spacial score (nSPS) is 13.2. The Balaban J connectivity index is 2.39. The van der Waals surface area contributed by atoms with Crippen molar-refractivity contribution in [3.63, 3.8) is 0 Å². The minimum Gasteiger partial charge on any atom is -0.539 e. The molecule has 0 bridgehead atoms. The fraction of sp³-hybridized carbons (Fsp3) is 0.400. The molecule has 1 unspecified atom stereocenters. The van der Waals surface area contributed by atoms with Gasteiger partial charge in [0, 0.05) is 24.5 Å². The Morgan fingerprint density at radius 2 is 2.00 bits per heavy atom.